The van der Waals surface area contributed by atoms with Gasteiger partial charge in [0.05, 0.1) is 0 Å². The van der Waals surface area contributed by atoms with Crippen molar-refractivity contribution in [3.8, 4) is 0 Å². The predicted molar refractivity (Wildman–Crippen MR) is 73.3 cm³/mol. The van der Waals surface area contributed by atoms with E-state index in [9.17, 15) is 0 Å². The smallest absolute Gasteiger partial charge is 0.414 e. The largest absolute Gasteiger partial charge is 0.473 e. The Morgan fingerprint density at radius 3 is 2.05 bits per heavy atom. The summed E-state index contributed by atoms with van der Waals surface area (Å²) in [6.07, 6.45) is 1.79. The molecule has 104 valence electrons. The van der Waals surface area contributed by atoms with Crippen molar-refractivity contribution in [3.05, 3.63) is 60.3 Å². The number of nitrogens with zero attached hydrogens (tertiary/aromatic N) is 1. The number of anilines is 1. The number of carboxylic acids is 2. The highest BCUT2D eigenvalue weighted by Crippen LogP contribution is 2.04. The van der Waals surface area contributed by atoms with Crippen LogP contribution in [0.15, 0.2) is 54.7 Å². The van der Waals surface area contributed by atoms with Crippen LogP contribution in [0.3, 0.4) is 0 Å². The van der Waals surface area contributed by atoms with Crippen molar-refractivity contribution in [1.82, 2.24) is 4.98 Å². The van der Waals surface area contributed by atoms with Gasteiger partial charge in [0.25, 0.3) is 0 Å². The fraction of sp³-hybridized carbons (Fsp3) is 0.0714. The maximum absolute atomic E-state index is 9.10. The van der Waals surface area contributed by atoms with Gasteiger partial charge in [0.15, 0.2) is 0 Å². The molecule has 2 aromatic rings. The monoisotopic (exact) mass is 274 g/mol. The molecule has 0 spiro atoms. The number of hydrogen-bond acceptors (Lipinski definition) is 4. The third kappa shape index (κ3) is 6.15. The number of carbonyl (C=O) groups is 2. The zero-order valence-corrected chi connectivity index (χ0v) is 10.6. The van der Waals surface area contributed by atoms with Crippen molar-refractivity contribution in [2.45, 2.75) is 6.54 Å². The molecule has 2 rings (SSSR count). The molecule has 0 saturated heterocycles. The van der Waals surface area contributed by atoms with Gasteiger partial charge in [0, 0.05) is 12.7 Å². The van der Waals surface area contributed by atoms with Crippen molar-refractivity contribution < 1.29 is 19.8 Å². The number of nitrogens with one attached hydrogen (secondary N) is 1. The van der Waals surface area contributed by atoms with E-state index in [1.54, 1.807) is 6.20 Å². The Morgan fingerprint density at radius 1 is 0.950 bits per heavy atom. The molecule has 0 saturated carbocycles. The van der Waals surface area contributed by atoms with Crippen LogP contribution in [0.4, 0.5) is 5.82 Å². The van der Waals surface area contributed by atoms with Gasteiger partial charge >= 0.3 is 11.9 Å². The molecule has 1 aromatic heterocycles. The quantitative estimate of drug-likeness (QED) is 0.739. The first-order valence-electron chi connectivity index (χ1n) is 5.74. The molecular formula is C14H14N2O4. The van der Waals surface area contributed by atoms with Crippen LogP contribution in [0.25, 0.3) is 0 Å². The molecular weight excluding hydrogens is 260 g/mol. The van der Waals surface area contributed by atoms with Crippen LogP contribution in [0.2, 0.25) is 0 Å². The number of benzene rings is 1. The molecule has 0 aliphatic rings. The lowest BCUT2D eigenvalue weighted by Crippen LogP contribution is -2.09. The van der Waals surface area contributed by atoms with E-state index in [1.807, 2.05) is 36.4 Å². The highest BCUT2D eigenvalue weighted by atomic mass is 16.4. The lowest BCUT2D eigenvalue weighted by Gasteiger charge is -2.04. The maximum Gasteiger partial charge on any atom is 0.414 e. The van der Waals surface area contributed by atoms with Gasteiger partial charge in [-0.2, -0.15) is 0 Å². The molecule has 0 fully saturated rings. The Balaban J connectivity index is 0.000000286. The van der Waals surface area contributed by atoms with Gasteiger partial charge in [-0.1, -0.05) is 36.4 Å². The van der Waals surface area contributed by atoms with E-state index in [1.165, 1.54) is 5.56 Å². The number of aromatic nitrogens is 1. The van der Waals surface area contributed by atoms with Crippen LogP contribution in [0.1, 0.15) is 5.56 Å². The first-order valence-corrected chi connectivity index (χ1v) is 5.74. The molecule has 0 amide bonds. The predicted octanol–water partition coefficient (Wildman–Crippen LogP) is 1.85. The molecule has 6 heteroatoms. The highest BCUT2D eigenvalue weighted by molar-refractivity contribution is 6.27. The molecule has 6 nitrogen and oxygen atoms in total. The van der Waals surface area contributed by atoms with Crippen molar-refractivity contribution >= 4 is 17.8 Å². The van der Waals surface area contributed by atoms with Gasteiger partial charge in [-0.3, -0.25) is 0 Å². The van der Waals surface area contributed by atoms with Gasteiger partial charge in [0.1, 0.15) is 5.82 Å². The van der Waals surface area contributed by atoms with Crippen molar-refractivity contribution in [2.24, 2.45) is 0 Å². The SMILES string of the molecule is O=C(O)C(=O)O.c1ccc(CNc2ccccn2)cc1. The summed E-state index contributed by atoms with van der Waals surface area (Å²) in [6.45, 7) is 0.817. The maximum atomic E-state index is 9.10. The van der Waals surface area contributed by atoms with E-state index < -0.39 is 11.9 Å². The molecule has 20 heavy (non-hydrogen) atoms. The summed E-state index contributed by atoms with van der Waals surface area (Å²) in [5.74, 6) is -2.73. The van der Waals surface area contributed by atoms with Crippen molar-refractivity contribution in [3.63, 3.8) is 0 Å². The average molecular weight is 274 g/mol. The van der Waals surface area contributed by atoms with E-state index in [0.29, 0.717) is 0 Å². The molecule has 0 unspecified atom stereocenters. The second kappa shape index (κ2) is 8.25. The van der Waals surface area contributed by atoms with E-state index in [-0.39, 0.29) is 0 Å². The Hall–Kier alpha value is -2.89. The number of rotatable bonds is 3. The first kappa shape index (κ1) is 15.2. The van der Waals surface area contributed by atoms with Crippen LogP contribution in [-0.2, 0) is 16.1 Å². The van der Waals surface area contributed by atoms with Crippen LogP contribution in [0, 0.1) is 0 Å². The number of aliphatic carboxylic acids is 2. The van der Waals surface area contributed by atoms with Crippen LogP contribution in [-0.4, -0.2) is 27.1 Å². The van der Waals surface area contributed by atoms with Crippen LogP contribution in [0.5, 0.6) is 0 Å². The minimum Gasteiger partial charge on any atom is -0.473 e. The lowest BCUT2D eigenvalue weighted by molar-refractivity contribution is -0.159. The lowest BCUT2D eigenvalue weighted by atomic mass is 10.2. The van der Waals surface area contributed by atoms with Crippen molar-refractivity contribution in [1.29, 1.82) is 0 Å². The molecule has 0 atom stereocenters. The van der Waals surface area contributed by atoms with Crippen molar-refractivity contribution in [2.75, 3.05) is 5.32 Å². The zero-order chi connectivity index (χ0) is 14.8. The molecule has 0 aliphatic carbocycles. The third-order valence-electron chi connectivity index (χ3n) is 2.16. The topological polar surface area (TPSA) is 99.5 Å². The van der Waals surface area contributed by atoms with E-state index in [2.05, 4.69) is 22.4 Å². The Morgan fingerprint density at radius 2 is 1.55 bits per heavy atom. The highest BCUT2D eigenvalue weighted by Gasteiger charge is 2.04. The molecule has 1 aromatic carbocycles. The number of pyridine rings is 1. The summed E-state index contributed by atoms with van der Waals surface area (Å²) in [4.78, 5) is 22.4. The molecule has 0 radical (unpaired) electrons. The molecule has 3 N–H and O–H groups in total. The normalized spacial score (nSPS) is 9.00. The summed E-state index contributed by atoms with van der Waals surface area (Å²) >= 11 is 0. The minimum absolute atomic E-state index is 0.817. The first-order chi connectivity index (χ1) is 9.59. The van der Waals surface area contributed by atoms with E-state index in [4.69, 9.17) is 19.8 Å². The van der Waals surface area contributed by atoms with Gasteiger partial charge < -0.3 is 15.5 Å². The minimum atomic E-state index is -1.82. The summed E-state index contributed by atoms with van der Waals surface area (Å²) in [7, 11) is 0. The fourth-order valence-electron chi connectivity index (χ4n) is 1.26. The Kier molecular flexibility index (Phi) is 6.26. The second-order valence-corrected chi connectivity index (χ2v) is 3.66. The van der Waals surface area contributed by atoms with Gasteiger partial charge in [-0.05, 0) is 17.7 Å². The standard InChI is InChI=1S/C12H12N2.C2H2O4/c1-2-6-11(7-3-1)10-14-12-8-4-5-9-13-12;3-1(4)2(5)6/h1-9H,10H2,(H,13,14);(H,3,4)(H,5,6). The van der Waals surface area contributed by atoms with Gasteiger partial charge in [-0.15, -0.1) is 0 Å². The van der Waals surface area contributed by atoms with Crippen LogP contribution < -0.4 is 5.32 Å². The number of hydrogen-bond donors (Lipinski definition) is 3. The Bertz CT molecular complexity index is 492. The Labute approximate surface area is 115 Å². The second-order valence-electron chi connectivity index (χ2n) is 3.66. The molecule has 0 aliphatic heterocycles. The third-order valence-corrected chi connectivity index (χ3v) is 2.16. The number of carboxylic acid groups (broad SMARTS) is 2. The van der Waals surface area contributed by atoms with E-state index in [0.717, 1.165) is 12.4 Å². The summed E-state index contributed by atoms with van der Waals surface area (Å²) < 4.78 is 0. The summed E-state index contributed by atoms with van der Waals surface area (Å²) in [5.41, 5.74) is 1.26. The van der Waals surface area contributed by atoms with Gasteiger partial charge in [-0.25, -0.2) is 14.6 Å². The summed E-state index contributed by atoms with van der Waals surface area (Å²) in [5, 5.41) is 18.0. The molecule has 1 heterocycles. The van der Waals surface area contributed by atoms with E-state index >= 15 is 0 Å². The average Bonchev–Trinajstić information content (AvgIpc) is 2.48. The van der Waals surface area contributed by atoms with Crippen LogP contribution >= 0.6 is 0 Å². The fourth-order valence-corrected chi connectivity index (χ4v) is 1.26. The zero-order valence-electron chi connectivity index (χ0n) is 10.6. The van der Waals surface area contributed by atoms with Gasteiger partial charge in [0.2, 0.25) is 0 Å². The molecule has 0 bridgehead atoms. The summed E-state index contributed by atoms with van der Waals surface area (Å²) in [6, 6.07) is 16.1.